The van der Waals surface area contributed by atoms with Crippen molar-refractivity contribution in [2.24, 2.45) is 0 Å². The maximum Gasteiger partial charge on any atom is 0.252 e. The van der Waals surface area contributed by atoms with Gasteiger partial charge in [-0.25, -0.2) is 0 Å². The van der Waals surface area contributed by atoms with Gasteiger partial charge in [0.05, 0.1) is 12.6 Å². The number of halogens is 1. The summed E-state index contributed by atoms with van der Waals surface area (Å²) in [7, 11) is 0. The van der Waals surface area contributed by atoms with E-state index >= 15 is 0 Å². The highest BCUT2D eigenvalue weighted by atomic mass is 35.5. The predicted octanol–water partition coefficient (Wildman–Crippen LogP) is 3.17. The largest absolute Gasteiger partial charge is 0.394 e. The van der Waals surface area contributed by atoms with Crippen molar-refractivity contribution in [3.63, 3.8) is 0 Å². The van der Waals surface area contributed by atoms with Crippen molar-refractivity contribution >= 4 is 28.8 Å². The van der Waals surface area contributed by atoms with Gasteiger partial charge < -0.3 is 10.4 Å². The van der Waals surface area contributed by atoms with Crippen LogP contribution in [0, 0.1) is 6.92 Å². The summed E-state index contributed by atoms with van der Waals surface area (Å²) >= 11 is 7.53. The summed E-state index contributed by atoms with van der Waals surface area (Å²) in [5.74, 6) is -0.231. The minimum Gasteiger partial charge on any atom is -0.394 e. The van der Waals surface area contributed by atoms with Crippen LogP contribution in [0.25, 0.3) is 0 Å². The highest BCUT2D eigenvalue weighted by Gasteiger charge is 2.17. The third-order valence-electron chi connectivity index (χ3n) is 2.95. The van der Waals surface area contributed by atoms with Crippen molar-refractivity contribution in [1.29, 1.82) is 0 Å². The fourth-order valence-corrected chi connectivity index (χ4v) is 2.69. The van der Waals surface area contributed by atoms with Crippen LogP contribution in [0.15, 0.2) is 35.0 Å². The summed E-state index contributed by atoms with van der Waals surface area (Å²) in [6, 6.07) is 6.70. The molecule has 0 aliphatic heterocycles. The van der Waals surface area contributed by atoms with E-state index in [-0.39, 0.29) is 12.5 Å². The number of rotatable bonds is 4. The van der Waals surface area contributed by atoms with Crippen molar-refractivity contribution in [2.45, 2.75) is 13.0 Å². The number of nitrogens with one attached hydrogen (secondary N) is 1. The van der Waals surface area contributed by atoms with E-state index in [0.29, 0.717) is 10.6 Å². The predicted molar refractivity (Wildman–Crippen MR) is 77.8 cm³/mol. The van der Waals surface area contributed by atoms with Crippen LogP contribution < -0.4 is 5.32 Å². The van der Waals surface area contributed by atoms with Gasteiger partial charge in [-0.1, -0.05) is 17.7 Å². The number of thiophene rings is 1. The van der Waals surface area contributed by atoms with Crippen LogP contribution in [0.4, 0.5) is 0 Å². The zero-order chi connectivity index (χ0) is 13.8. The topological polar surface area (TPSA) is 49.3 Å². The lowest BCUT2D eigenvalue weighted by atomic mass is 10.1. The smallest absolute Gasteiger partial charge is 0.252 e. The second-order valence-corrected chi connectivity index (χ2v) is 5.36. The van der Waals surface area contributed by atoms with Crippen LogP contribution in [0.5, 0.6) is 0 Å². The summed E-state index contributed by atoms with van der Waals surface area (Å²) in [5.41, 5.74) is 2.17. The molecule has 2 N–H and O–H groups in total. The van der Waals surface area contributed by atoms with Crippen LogP contribution >= 0.6 is 22.9 Å². The molecule has 2 rings (SSSR count). The molecule has 0 aliphatic carbocycles. The normalized spacial score (nSPS) is 12.2. The molecule has 100 valence electrons. The molecule has 5 heteroatoms. The Balaban J connectivity index is 2.18. The molecule has 0 fully saturated rings. The van der Waals surface area contributed by atoms with E-state index < -0.39 is 6.04 Å². The SMILES string of the molecule is Cc1c(Cl)cccc1C(=O)NC(CO)c1ccsc1. The minimum atomic E-state index is -0.392. The Hall–Kier alpha value is -1.36. The van der Waals surface area contributed by atoms with Gasteiger partial charge in [0.25, 0.3) is 5.91 Å². The Kier molecular flexibility index (Phi) is 4.58. The van der Waals surface area contributed by atoms with E-state index in [4.69, 9.17) is 11.6 Å². The van der Waals surface area contributed by atoms with Gasteiger partial charge in [0.15, 0.2) is 0 Å². The third-order valence-corrected chi connectivity index (χ3v) is 4.06. The van der Waals surface area contributed by atoms with Gasteiger partial charge in [0.1, 0.15) is 0 Å². The molecule has 0 saturated heterocycles. The first-order valence-corrected chi connectivity index (χ1v) is 7.14. The van der Waals surface area contributed by atoms with Crippen LogP contribution in [0.1, 0.15) is 27.5 Å². The number of hydrogen-bond donors (Lipinski definition) is 2. The maximum absolute atomic E-state index is 12.2. The fourth-order valence-electron chi connectivity index (χ4n) is 1.80. The molecule has 1 atom stereocenters. The number of benzene rings is 1. The van der Waals surface area contributed by atoms with Gasteiger partial charge in [0.2, 0.25) is 0 Å². The van der Waals surface area contributed by atoms with Crippen LogP contribution in [0.2, 0.25) is 5.02 Å². The lowest BCUT2D eigenvalue weighted by Gasteiger charge is -2.16. The standard InChI is InChI=1S/C14H14ClNO2S/c1-9-11(3-2-4-12(9)15)14(18)16-13(7-17)10-5-6-19-8-10/h2-6,8,13,17H,7H2,1H3,(H,16,18). The third kappa shape index (κ3) is 3.15. The molecule has 1 aromatic heterocycles. The highest BCUT2D eigenvalue weighted by molar-refractivity contribution is 7.07. The summed E-state index contributed by atoms with van der Waals surface area (Å²) < 4.78 is 0. The summed E-state index contributed by atoms with van der Waals surface area (Å²) in [5, 5.41) is 16.6. The van der Waals surface area contributed by atoms with Crippen molar-refractivity contribution in [3.05, 3.63) is 56.7 Å². The average molecular weight is 296 g/mol. The Labute approximate surface area is 120 Å². The number of hydrogen-bond acceptors (Lipinski definition) is 3. The zero-order valence-corrected chi connectivity index (χ0v) is 12.0. The Morgan fingerprint density at radius 1 is 1.47 bits per heavy atom. The van der Waals surface area contributed by atoms with Crippen LogP contribution in [-0.4, -0.2) is 17.6 Å². The molecular formula is C14H14ClNO2S. The lowest BCUT2D eigenvalue weighted by molar-refractivity contribution is 0.0915. The van der Waals surface area contributed by atoms with Crippen molar-refractivity contribution < 1.29 is 9.90 Å². The second kappa shape index (κ2) is 6.19. The molecule has 1 amide bonds. The molecule has 0 spiro atoms. The number of carbonyl (C=O) groups excluding carboxylic acids is 1. The van der Waals surface area contributed by atoms with Gasteiger partial charge >= 0.3 is 0 Å². The molecule has 1 unspecified atom stereocenters. The van der Waals surface area contributed by atoms with E-state index in [0.717, 1.165) is 11.1 Å². The monoisotopic (exact) mass is 295 g/mol. The summed E-state index contributed by atoms with van der Waals surface area (Å²) in [6.45, 7) is 1.66. The fraction of sp³-hybridized carbons (Fsp3) is 0.214. The summed E-state index contributed by atoms with van der Waals surface area (Å²) in [6.07, 6.45) is 0. The van der Waals surface area contributed by atoms with Crippen LogP contribution in [-0.2, 0) is 0 Å². The molecule has 3 nitrogen and oxygen atoms in total. The van der Waals surface area contributed by atoms with E-state index in [2.05, 4.69) is 5.32 Å². The highest BCUT2D eigenvalue weighted by Crippen LogP contribution is 2.21. The molecule has 1 aromatic carbocycles. The maximum atomic E-state index is 12.2. The number of carbonyl (C=O) groups is 1. The average Bonchev–Trinajstić information content (AvgIpc) is 2.92. The number of aliphatic hydroxyl groups is 1. The minimum absolute atomic E-state index is 0.137. The molecule has 0 bridgehead atoms. The molecule has 0 radical (unpaired) electrons. The van der Waals surface area contributed by atoms with Gasteiger partial charge in [-0.15, -0.1) is 0 Å². The lowest BCUT2D eigenvalue weighted by Crippen LogP contribution is -2.31. The van der Waals surface area contributed by atoms with Crippen molar-refractivity contribution in [3.8, 4) is 0 Å². The molecule has 0 aliphatic rings. The van der Waals surface area contributed by atoms with E-state index in [1.54, 1.807) is 25.1 Å². The quantitative estimate of drug-likeness (QED) is 0.910. The van der Waals surface area contributed by atoms with E-state index in [1.807, 2.05) is 16.8 Å². The first kappa shape index (κ1) is 14.1. The molecular weight excluding hydrogens is 282 g/mol. The van der Waals surface area contributed by atoms with Gasteiger partial charge in [-0.05, 0) is 47.0 Å². The Bertz CT molecular complexity index is 569. The number of aliphatic hydroxyl groups excluding tert-OH is 1. The Morgan fingerprint density at radius 3 is 2.89 bits per heavy atom. The number of amides is 1. The van der Waals surface area contributed by atoms with E-state index in [1.165, 1.54) is 11.3 Å². The van der Waals surface area contributed by atoms with Gasteiger partial charge in [0, 0.05) is 10.6 Å². The first-order chi connectivity index (χ1) is 9.13. The molecule has 0 saturated carbocycles. The molecule has 19 heavy (non-hydrogen) atoms. The second-order valence-electron chi connectivity index (χ2n) is 4.18. The van der Waals surface area contributed by atoms with Crippen molar-refractivity contribution in [2.75, 3.05) is 6.61 Å². The molecule has 2 aromatic rings. The first-order valence-electron chi connectivity index (χ1n) is 5.82. The van der Waals surface area contributed by atoms with E-state index in [9.17, 15) is 9.90 Å². The zero-order valence-electron chi connectivity index (χ0n) is 10.4. The molecule has 1 heterocycles. The van der Waals surface area contributed by atoms with Crippen LogP contribution in [0.3, 0.4) is 0 Å². The van der Waals surface area contributed by atoms with Gasteiger partial charge in [-0.3, -0.25) is 4.79 Å². The van der Waals surface area contributed by atoms with Gasteiger partial charge in [-0.2, -0.15) is 11.3 Å². The van der Waals surface area contributed by atoms with Crippen molar-refractivity contribution in [1.82, 2.24) is 5.32 Å². The Morgan fingerprint density at radius 2 is 2.26 bits per heavy atom. The summed E-state index contributed by atoms with van der Waals surface area (Å²) in [4.78, 5) is 12.2.